The molecule has 0 spiro atoms. The summed E-state index contributed by atoms with van der Waals surface area (Å²) in [6.45, 7) is -3.43. The van der Waals surface area contributed by atoms with E-state index in [1.807, 2.05) is 0 Å². The molecule has 0 saturated carbocycles. The molecule has 0 aromatic rings. The third kappa shape index (κ3) is 5.36. The van der Waals surface area contributed by atoms with E-state index in [9.17, 15) is 19.2 Å². The van der Waals surface area contributed by atoms with E-state index in [1.54, 1.807) is 0 Å². The lowest BCUT2D eigenvalue weighted by atomic mass is 9.90. The second-order valence-corrected chi connectivity index (χ2v) is 4.76. The number of carbonyl (C=O) groups is 4. The Bertz CT molecular complexity index is 398. The average molecular weight is 384 g/mol. The Labute approximate surface area is 149 Å². The fourth-order valence-electron chi connectivity index (χ4n) is 1.56. The van der Waals surface area contributed by atoms with Crippen LogP contribution in [-0.4, -0.2) is 99.2 Å². The van der Waals surface area contributed by atoms with Crippen LogP contribution in [0.25, 0.3) is 0 Å². The Morgan fingerprint density at radius 3 is 0.769 bits per heavy atom. The minimum absolute atomic E-state index is 0.858. The number of hydrogen-bond donors (Lipinski definition) is 4. The molecule has 0 aromatic carbocycles. The van der Waals surface area contributed by atoms with Crippen molar-refractivity contribution in [2.45, 2.75) is 0 Å². The largest absolute Gasteiger partial charge is 0.468 e. The Kier molecular flexibility index (Phi) is 12.1. The minimum atomic E-state index is -2.01. The van der Waals surface area contributed by atoms with Crippen molar-refractivity contribution in [3.8, 4) is 0 Å². The van der Waals surface area contributed by atoms with E-state index in [4.69, 9.17) is 20.4 Å². The lowest BCUT2D eigenvalue weighted by Crippen LogP contribution is -2.47. The van der Waals surface area contributed by atoms with E-state index in [-0.39, 0.29) is 0 Å². The molecule has 0 saturated heterocycles. The maximum Gasteiger partial charge on any atom is 0.328 e. The molecule has 0 fully saturated rings. The molecule has 0 bridgehead atoms. The highest BCUT2D eigenvalue weighted by Crippen LogP contribution is 2.20. The van der Waals surface area contributed by atoms with E-state index >= 15 is 0 Å². The van der Waals surface area contributed by atoms with Crippen molar-refractivity contribution >= 4 is 23.9 Å². The maximum atomic E-state index is 11.1. The Morgan fingerprint density at radius 1 is 0.538 bits per heavy atom. The number of esters is 4. The highest BCUT2D eigenvalue weighted by molar-refractivity contribution is 6.00. The van der Waals surface area contributed by atoms with E-state index in [2.05, 4.69) is 18.9 Å². The molecule has 0 atom stereocenters. The highest BCUT2D eigenvalue weighted by Gasteiger charge is 2.48. The number of rotatable bonds is 8. The predicted octanol–water partition coefficient (Wildman–Crippen LogP) is -3.39. The van der Waals surface area contributed by atoms with Gasteiger partial charge in [0.25, 0.3) is 0 Å². The molecule has 0 rings (SSSR count). The number of methoxy groups -OCH3 is 4. The molecule has 0 radical (unpaired) electrons. The fourth-order valence-corrected chi connectivity index (χ4v) is 1.56. The molecule has 12 nitrogen and oxygen atoms in total. The van der Waals surface area contributed by atoms with Crippen molar-refractivity contribution in [3.63, 3.8) is 0 Å². The van der Waals surface area contributed by atoms with E-state index in [0.717, 1.165) is 28.4 Å². The van der Waals surface area contributed by atoms with E-state index < -0.39 is 61.1 Å². The minimum Gasteiger partial charge on any atom is -0.468 e. The van der Waals surface area contributed by atoms with Crippen molar-refractivity contribution < 1.29 is 58.6 Å². The zero-order valence-electron chi connectivity index (χ0n) is 14.9. The normalized spacial score (nSPS) is 10.8. The summed E-state index contributed by atoms with van der Waals surface area (Å²) in [6, 6.07) is 0. The molecular formula is C14H24O12. The molecule has 0 unspecified atom stereocenters. The quantitative estimate of drug-likeness (QED) is 0.185. The van der Waals surface area contributed by atoms with Crippen LogP contribution in [0.5, 0.6) is 0 Å². The van der Waals surface area contributed by atoms with Crippen LogP contribution in [0.2, 0.25) is 0 Å². The third-order valence-corrected chi connectivity index (χ3v) is 3.38. The molecule has 0 amide bonds. The molecule has 0 heterocycles. The van der Waals surface area contributed by atoms with Gasteiger partial charge in [-0.15, -0.1) is 0 Å². The van der Waals surface area contributed by atoms with Crippen LogP contribution >= 0.6 is 0 Å². The molecular weight excluding hydrogens is 360 g/mol. The van der Waals surface area contributed by atoms with Gasteiger partial charge in [0.2, 0.25) is 10.8 Å². The first-order chi connectivity index (χ1) is 12.2. The molecule has 4 N–H and O–H groups in total. The summed E-state index contributed by atoms with van der Waals surface area (Å²) in [5.41, 5.74) is -4.02. The summed E-state index contributed by atoms with van der Waals surface area (Å²) >= 11 is 0. The standard InChI is InChI=1S/2C7H12O6/c2*1-12-5(10)7(3-8,4-9)6(11)13-2/h2*8-9H,3-4H2,1-2H3. The lowest BCUT2D eigenvalue weighted by molar-refractivity contribution is -0.177. The molecule has 0 aromatic heterocycles. The van der Waals surface area contributed by atoms with Gasteiger partial charge in [0.1, 0.15) is 0 Å². The van der Waals surface area contributed by atoms with Crippen molar-refractivity contribution in [2.24, 2.45) is 10.8 Å². The van der Waals surface area contributed by atoms with Crippen molar-refractivity contribution in [3.05, 3.63) is 0 Å². The van der Waals surface area contributed by atoms with E-state index in [0.29, 0.717) is 0 Å². The first-order valence-corrected chi connectivity index (χ1v) is 6.95. The number of carbonyl (C=O) groups excluding carboxylic acids is 4. The first-order valence-electron chi connectivity index (χ1n) is 6.95. The second-order valence-electron chi connectivity index (χ2n) is 4.76. The highest BCUT2D eigenvalue weighted by atomic mass is 16.6. The third-order valence-electron chi connectivity index (χ3n) is 3.38. The summed E-state index contributed by atoms with van der Waals surface area (Å²) in [7, 11) is 4.19. The number of hydrogen-bond acceptors (Lipinski definition) is 12. The topological polar surface area (TPSA) is 186 Å². The van der Waals surface area contributed by atoms with Gasteiger partial charge in [-0.3, -0.25) is 19.2 Å². The zero-order valence-corrected chi connectivity index (χ0v) is 14.9. The van der Waals surface area contributed by atoms with Crippen LogP contribution in [-0.2, 0) is 38.1 Å². The van der Waals surface area contributed by atoms with Crippen LogP contribution in [0.15, 0.2) is 0 Å². The van der Waals surface area contributed by atoms with Gasteiger partial charge in [0.15, 0.2) is 0 Å². The second kappa shape index (κ2) is 12.1. The summed E-state index contributed by atoms with van der Waals surface area (Å²) in [5, 5.41) is 35.3. The number of aliphatic hydroxyl groups is 4. The summed E-state index contributed by atoms with van der Waals surface area (Å²) in [5.74, 6) is -4.10. The Hall–Kier alpha value is -2.28. The van der Waals surface area contributed by atoms with Gasteiger partial charge in [0.05, 0.1) is 54.9 Å². The average Bonchev–Trinajstić information content (AvgIpc) is 2.69. The van der Waals surface area contributed by atoms with Crippen LogP contribution in [0.3, 0.4) is 0 Å². The first kappa shape index (κ1) is 26.0. The Morgan fingerprint density at radius 2 is 0.692 bits per heavy atom. The molecule has 0 aliphatic rings. The van der Waals surface area contributed by atoms with Crippen LogP contribution in [0.4, 0.5) is 0 Å². The van der Waals surface area contributed by atoms with E-state index in [1.165, 1.54) is 0 Å². The van der Waals surface area contributed by atoms with Gasteiger partial charge in [-0.1, -0.05) is 0 Å². The van der Waals surface area contributed by atoms with Gasteiger partial charge in [0, 0.05) is 0 Å². The zero-order chi connectivity index (χ0) is 21.0. The number of ether oxygens (including phenoxy) is 4. The van der Waals surface area contributed by atoms with Crippen molar-refractivity contribution in [2.75, 3.05) is 54.9 Å². The SMILES string of the molecule is COC(=O)C(CO)(CO)C(=O)OC.COC(=O)C(CO)(CO)C(=O)OC. The van der Waals surface area contributed by atoms with Gasteiger partial charge >= 0.3 is 23.9 Å². The summed E-state index contributed by atoms with van der Waals surface area (Å²) in [6.07, 6.45) is 0. The smallest absolute Gasteiger partial charge is 0.328 e. The summed E-state index contributed by atoms with van der Waals surface area (Å²) in [4.78, 5) is 44.2. The van der Waals surface area contributed by atoms with Gasteiger partial charge in [-0.2, -0.15) is 0 Å². The van der Waals surface area contributed by atoms with Crippen LogP contribution in [0.1, 0.15) is 0 Å². The monoisotopic (exact) mass is 384 g/mol. The molecule has 152 valence electrons. The lowest BCUT2D eigenvalue weighted by Gasteiger charge is -2.22. The molecule has 26 heavy (non-hydrogen) atoms. The summed E-state index contributed by atoms with van der Waals surface area (Å²) < 4.78 is 17.0. The van der Waals surface area contributed by atoms with Crippen LogP contribution in [0, 0.1) is 10.8 Å². The van der Waals surface area contributed by atoms with Crippen molar-refractivity contribution in [1.82, 2.24) is 0 Å². The molecule has 12 heteroatoms. The van der Waals surface area contributed by atoms with Gasteiger partial charge < -0.3 is 39.4 Å². The predicted molar refractivity (Wildman–Crippen MR) is 81.3 cm³/mol. The van der Waals surface area contributed by atoms with Crippen molar-refractivity contribution in [1.29, 1.82) is 0 Å². The number of aliphatic hydroxyl groups excluding tert-OH is 4. The maximum absolute atomic E-state index is 11.1. The van der Waals surface area contributed by atoms with Gasteiger partial charge in [-0.25, -0.2) is 0 Å². The molecule has 0 aliphatic heterocycles. The fraction of sp³-hybridized carbons (Fsp3) is 0.714. The molecule has 0 aliphatic carbocycles. The van der Waals surface area contributed by atoms with Gasteiger partial charge in [-0.05, 0) is 0 Å². The Balaban J connectivity index is 0. The van der Waals surface area contributed by atoms with Crippen LogP contribution < -0.4 is 0 Å².